The molecule has 5 nitrogen and oxygen atoms in total. The van der Waals surface area contributed by atoms with Crippen LogP contribution in [-0.2, 0) is 4.79 Å². The van der Waals surface area contributed by atoms with Gasteiger partial charge in [0.15, 0.2) is 0 Å². The lowest BCUT2D eigenvalue weighted by Gasteiger charge is -2.18. The van der Waals surface area contributed by atoms with Gasteiger partial charge >= 0.3 is 12.0 Å². The normalized spacial score (nSPS) is 18.1. The third-order valence-electron chi connectivity index (χ3n) is 3.72. The van der Waals surface area contributed by atoms with E-state index in [9.17, 15) is 9.59 Å². The maximum Gasteiger partial charge on any atom is 0.317 e. The van der Waals surface area contributed by atoms with Gasteiger partial charge in [-0.2, -0.15) is 0 Å². The first-order valence-electron chi connectivity index (χ1n) is 6.88. The van der Waals surface area contributed by atoms with Gasteiger partial charge in [0.2, 0.25) is 0 Å². The Hall–Kier alpha value is -2.04. The lowest BCUT2D eigenvalue weighted by atomic mass is 9.94. The Morgan fingerprint density at radius 3 is 2.85 bits per heavy atom. The summed E-state index contributed by atoms with van der Waals surface area (Å²) in [5, 5.41) is 11.2. The van der Waals surface area contributed by atoms with Crippen LogP contribution in [0.3, 0.4) is 0 Å². The molecule has 0 aromatic heterocycles. The van der Waals surface area contributed by atoms with Crippen LogP contribution in [0, 0.1) is 6.92 Å². The van der Waals surface area contributed by atoms with E-state index in [4.69, 9.17) is 5.11 Å². The van der Waals surface area contributed by atoms with Gasteiger partial charge in [-0.3, -0.25) is 4.79 Å². The third-order valence-corrected chi connectivity index (χ3v) is 3.72. The SMILES string of the molecule is Cc1ccccc1C1CCN(C(=O)NCCC(=O)O)C1. The van der Waals surface area contributed by atoms with Crippen molar-refractivity contribution < 1.29 is 14.7 Å². The zero-order chi connectivity index (χ0) is 14.5. The molecule has 1 aromatic carbocycles. The average Bonchev–Trinajstić information content (AvgIpc) is 2.88. The van der Waals surface area contributed by atoms with Crippen molar-refractivity contribution in [3.63, 3.8) is 0 Å². The van der Waals surface area contributed by atoms with Crippen LogP contribution in [0.1, 0.15) is 29.9 Å². The fraction of sp³-hybridized carbons (Fsp3) is 0.467. The van der Waals surface area contributed by atoms with E-state index in [1.54, 1.807) is 4.90 Å². The molecule has 108 valence electrons. The van der Waals surface area contributed by atoms with Crippen molar-refractivity contribution in [2.75, 3.05) is 19.6 Å². The number of carbonyl (C=O) groups excluding carboxylic acids is 1. The van der Waals surface area contributed by atoms with Crippen molar-refractivity contribution >= 4 is 12.0 Å². The smallest absolute Gasteiger partial charge is 0.317 e. The first-order chi connectivity index (χ1) is 9.58. The maximum atomic E-state index is 11.9. The molecular formula is C15H20N2O3. The number of rotatable bonds is 4. The number of aryl methyl sites for hydroxylation is 1. The van der Waals surface area contributed by atoms with E-state index in [0.717, 1.165) is 13.0 Å². The Bertz CT molecular complexity index is 502. The van der Waals surface area contributed by atoms with Gasteiger partial charge in [0.05, 0.1) is 6.42 Å². The highest BCUT2D eigenvalue weighted by molar-refractivity contribution is 5.75. The van der Waals surface area contributed by atoms with Crippen molar-refractivity contribution in [1.82, 2.24) is 10.2 Å². The lowest BCUT2D eigenvalue weighted by molar-refractivity contribution is -0.136. The summed E-state index contributed by atoms with van der Waals surface area (Å²) in [5.74, 6) is -0.522. The number of benzene rings is 1. The highest BCUT2D eigenvalue weighted by atomic mass is 16.4. The van der Waals surface area contributed by atoms with Gasteiger partial charge in [-0.15, -0.1) is 0 Å². The number of carbonyl (C=O) groups is 2. The summed E-state index contributed by atoms with van der Waals surface area (Å²) in [7, 11) is 0. The van der Waals surface area contributed by atoms with Gasteiger partial charge in [-0.05, 0) is 24.5 Å². The Balaban J connectivity index is 1.87. The van der Waals surface area contributed by atoms with Crippen LogP contribution in [-0.4, -0.2) is 41.6 Å². The van der Waals surface area contributed by atoms with Gasteiger partial charge in [0, 0.05) is 25.6 Å². The Morgan fingerprint density at radius 2 is 2.15 bits per heavy atom. The Kier molecular flexibility index (Phi) is 4.61. The molecule has 1 saturated heterocycles. The zero-order valence-electron chi connectivity index (χ0n) is 11.6. The fourth-order valence-corrected chi connectivity index (χ4v) is 2.63. The molecule has 1 aliphatic heterocycles. The van der Waals surface area contributed by atoms with E-state index < -0.39 is 5.97 Å². The zero-order valence-corrected chi connectivity index (χ0v) is 11.6. The number of nitrogens with zero attached hydrogens (tertiary/aromatic N) is 1. The number of urea groups is 1. The van der Waals surface area contributed by atoms with Crippen LogP contribution in [0.5, 0.6) is 0 Å². The topological polar surface area (TPSA) is 69.6 Å². The molecule has 0 radical (unpaired) electrons. The van der Waals surface area contributed by atoms with E-state index >= 15 is 0 Å². The summed E-state index contributed by atoms with van der Waals surface area (Å²) in [5.41, 5.74) is 2.55. The highest BCUT2D eigenvalue weighted by Gasteiger charge is 2.27. The molecule has 2 N–H and O–H groups in total. The predicted molar refractivity (Wildman–Crippen MR) is 75.8 cm³/mol. The summed E-state index contributed by atoms with van der Waals surface area (Å²) >= 11 is 0. The van der Waals surface area contributed by atoms with Gasteiger partial charge in [0.1, 0.15) is 0 Å². The second-order valence-electron chi connectivity index (χ2n) is 5.16. The van der Waals surface area contributed by atoms with Crippen LogP contribution >= 0.6 is 0 Å². The highest BCUT2D eigenvalue weighted by Crippen LogP contribution is 2.29. The first kappa shape index (κ1) is 14.4. The second kappa shape index (κ2) is 6.41. The summed E-state index contributed by atoms with van der Waals surface area (Å²) in [4.78, 5) is 24.1. The largest absolute Gasteiger partial charge is 0.481 e. The molecule has 0 saturated carbocycles. The number of nitrogens with one attached hydrogen (secondary N) is 1. The monoisotopic (exact) mass is 276 g/mol. The quantitative estimate of drug-likeness (QED) is 0.883. The van der Waals surface area contributed by atoms with Crippen molar-refractivity contribution in [3.8, 4) is 0 Å². The summed E-state index contributed by atoms with van der Waals surface area (Å²) < 4.78 is 0. The number of carboxylic acids is 1. The molecule has 2 rings (SSSR count). The van der Waals surface area contributed by atoms with Gasteiger partial charge in [-0.25, -0.2) is 4.79 Å². The molecule has 5 heteroatoms. The van der Waals surface area contributed by atoms with Crippen molar-refractivity contribution in [2.24, 2.45) is 0 Å². The Labute approximate surface area is 118 Å². The summed E-state index contributed by atoms with van der Waals surface area (Å²) in [6.45, 7) is 3.69. The second-order valence-corrected chi connectivity index (χ2v) is 5.16. The number of amides is 2. The summed E-state index contributed by atoms with van der Waals surface area (Å²) in [6.07, 6.45) is 0.915. The molecule has 1 aromatic rings. The fourth-order valence-electron chi connectivity index (χ4n) is 2.63. The molecule has 0 bridgehead atoms. The van der Waals surface area contributed by atoms with Crippen LogP contribution < -0.4 is 5.32 Å². The van der Waals surface area contributed by atoms with E-state index in [0.29, 0.717) is 12.5 Å². The minimum absolute atomic E-state index is 0.0409. The number of hydrogen-bond acceptors (Lipinski definition) is 2. The Morgan fingerprint density at radius 1 is 1.40 bits per heavy atom. The van der Waals surface area contributed by atoms with Crippen LogP contribution in [0.2, 0.25) is 0 Å². The third kappa shape index (κ3) is 3.50. The van der Waals surface area contributed by atoms with Crippen molar-refractivity contribution in [1.29, 1.82) is 0 Å². The number of carboxylic acid groups (broad SMARTS) is 1. The molecule has 0 spiro atoms. The number of aliphatic carboxylic acids is 1. The molecule has 1 atom stereocenters. The average molecular weight is 276 g/mol. The van der Waals surface area contributed by atoms with Gasteiger partial charge in [0.25, 0.3) is 0 Å². The predicted octanol–water partition coefficient (Wildman–Crippen LogP) is 1.97. The lowest BCUT2D eigenvalue weighted by Crippen LogP contribution is -2.39. The molecule has 0 aliphatic carbocycles. The van der Waals surface area contributed by atoms with Crippen molar-refractivity contribution in [2.45, 2.75) is 25.7 Å². The molecule has 1 heterocycles. The summed E-state index contributed by atoms with van der Waals surface area (Å²) in [6, 6.07) is 8.08. The number of likely N-dealkylation sites (tertiary alicyclic amines) is 1. The van der Waals surface area contributed by atoms with Crippen LogP contribution in [0.25, 0.3) is 0 Å². The van der Waals surface area contributed by atoms with Crippen LogP contribution in [0.15, 0.2) is 24.3 Å². The molecule has 2 amide bonds. The molecule has 20 heavy (non-hydrogen) atoms. The molecule has 1 unspecified atom stereocenters. The molecule has 1 fully saturated rings. The number of hydrogen-bond donors (Lipinski definition) is 2. The standard InChI is InChI=1S/C15H20N2O3/c1-11-4-2-3-5-13(11)12-7-9-17(10-12)15(20)16-8-6-14(18)19/h2-5,12H,6-10H2,1H3,(H,16,20)(H,18,19). The van der Waals surface area contributed by atoms with Crippen LogP contribution in [0.4, 0.5) is 4.79 Å². The van der Waals surface area contributed by atoms with Gasteiger partial charge in [-0.1, -0.05) is 24.3 Å². The van der Waals surface area contributed by atoms with E-state index in [1.165, 1.54) is 11.1 Å². The minimum Gasteiger partial charge on any atom is -0.481 e. The van der Waals surface area contributed by atoms with E-state index in [2.05, 4.69) is 24.4 Å². The molecule has 1 aliphatic rings. The molecular weight excluding hydrogens is 256 g/mol. The van der Waals surface area contributed by atoms with Gasteiger partial charge < -0.3 is 15.3 Å². The first-order valence-corrected chi connectivity index (χ1v) is 6.88. The van der Waals surface area contributed by atoms with E-state index in [-0.39, 0.29) is 19.0 Å². The minimum atomic E-state index is -0.899. The maximum absolute atomic E-state index is 11.9. The van der Waals surface area contributed by atoms with Crippen molar-refractivity contribution in [3.05, 3.63) is 35.4 Å². The van der Waals surface area contributed by atoms with E-state index in [1.807, 2.05) is 12.1 Å².